The lowest BCUT2D eigenvalue weighted by Crippen LogP contribution is -2.46. The number of benzene rings is 1. The van der Waals surface area contributed by atoms with Gasteiger partial charge in [-0.2, -0.15) is 0 Å². The summed E-state index contributed by atoms with van der Waals surface area (Å²) in [6.07, 6.45) is 0.853. The second-order valence-corrected chi connectivity index (χ2v) is 7.87. The molecule has 6 heteroatoms. The molecule has 6 nitrogen and oxygen atoms in total. The van der Waals surface area contributed by atoms with E-state index in [1.807, 2.05) is 43.0 Å². The minimum atomic E-state index is -0.134. The molecule has 1 aromatic heterocycles. The van der Waals surface area contributed by atoms with Crippen molar-refractivity contribution in [3.8, 4) is 0 Å². The average Bonchev–Trinajstić information content (AvgIpc) is 3.07. The number of aromatic amines is 1. The van der Waals surface area contributed by atoms with Gasteiger partial charge in [-0.25, -0.2) is 4.79 Å². The lowest BCUT2D eigenvalue weighted by molar-refractivity contribution is 0.0261. The highest BCUT2D eigenvalue weighted by molar-refractivity contribution is 5.75. The van der Waals surface area contributed by atoms with Gasteiger partial charge in [0.05, 0.1) is 13.2 Å². The number of urea groups is 1. The van der Waals surface area contributed by atoms with Gasteiger partial charge in [0, 0.05) is 42.3 Å². The van der Waals surface area contributed by atoms with E-state index in [-0.39, 0.29) is 30.1 Å². The molecule has 2 aliphatic rings. The van der Waals surface area contributed by atoms with Gasteiger partial charge in [0.15, 0.2) is 0 Å². The maximum atomic E-state index is 13.0. The Balaban J connectivity index is 1.50. The molecule has 4 rings (SSSR count). The van der Waals surface area contributed by atoms with E-state index < -0.39 is 0 Å². The molecule has 148 valence electrons. The van der Waals surface area contributed by atoms with E-state index in [0.29, 0.717) is 31.2 Å². The number of hydrogen-bond donors (Lipinski definition) is 2. The molecule has 0 bridgehead atoms. The first-order chi connectivity index (χ1) is 13.5. The first-order valence-electron chi connectivity index (χ1n) is 9.91. The van der Waals surface area contributed by atoms with Crippen molar-refractivity contribution in [1.82, 2.24) is 15.2 Å². The van der Waals surface area contributed by atoms with Crippen molar-refractivity contribution in [2.24, 2.45) is 5.92 Å². The summed E-state index contributed by atoms with van der Waals surface area (Å²) >= 11 is 0. The van der Waals surface area contributed by atoms with Crippen LogP contribution in [0.5, 0.6) is 0 Å². The summed E-state index contributed by atoms with van der Waals surface area (Å²) < 4.78 is 5.73. The summed E-state index contributed by atoms with van der Waals surface area (Å²) in [5.41, 5.74) is 3.46. The van der Waals surface area contributed by atoms with Crippen LogP contribution in [0.3, 0.4) is 0 Å². The summed E-state index contributed by atoms with van der Waals surface area (Å²) in [6, 6.07) is 12.4. The van der Waals surface area contributed by atoms with Crippen LogP contribution >= 0.6 is 0 Å². The minimum absolute atomic E-state index is 0.102. The SMILES string of the molecule is Cc1cc(C)c(CNC(=O)N2C[C@H](c3ccccc3)[C@@H]3COCC[C@H]32)c(=O)[nH]1. The van der Waals surface area contributed by atoms with Crippen LogP contribution in [0, 0.1) is 19.8 Å². The number of likely N-dealkylation sites (tertiary alicyclic amines) is 1. The number of carbonyl (C=O) groups excluding carboxylic acids is 1. The smallest absolute Gasteiger partial charge is 0.317 e. The van der Waals surface area contributed by atoms with Crippen LogP contribution in [0.1, 0.15) is 34.7 Å². The number of ether oxygens (including phenoxy) is 1. The largest absolute Gasteiger partial charge is 0.381 e. The van der Waals surface area contributed by atoms with Gasteiger partial charge in [-0.3, -0.25) is 4.79 Å². The monoisotopic (exact) mass is 381 g/mol. The van der Waals surface area contributed by atoms with E-state index >= 15 is 0 Å². The summed E-state index contributed by atoms with van der Waals surface area (Å²) in [5.74, 6) is 0.591. The number of amides is 2. The van der Waals surface area contributed by atoms with Crippen LogP contribution in [-0.2, 0) is 11.3 Å². The Labute approximate surface area is 164 Å². The maximum absolute atomic E-state index is 13.0. The zero-order valence-electron chi connectivity index (χ0n) is 16.4. The van der Waals surface area contributed by atoms with Crippen LogP contribution in [0.4, 0.5) is 4.79 Å². The number of pyridine rings is 1. The van der Waals surface area contributed by atoms with Gasteiger partial charge in [0.2, 0.25) is 0 Å². The predicted octanol–water partition coefficient (Wildman–Crippen LogP) is 2.71. The van der Waals surface area contributed by atoms with Gasteiger partial charge in [0.1, 0.15) is 0 Å². The van der Waals surface area contributed by atoms with Crippen LogP contribution in [0.15, 0.2) is 41.2 Å². The fraction of sp³-hybridized carbons (Fsp3) is 0.455. The van der Waals surface area contributed by atoms with Gasteiger partial charge >= 0.3 is 6.03 Å². The predicted molar refractivity (Wildman–Crippen MR) is 107 cm³/mol. The highest BCUT2D eigenvalue weighted by Gasteiger charge is 2.45. The van der Waals surface area contributed by atoms with Crippen molar-refractivity contribution in [2.45, 2.75) is 38.8 Å². The highest BCUT2D eigenvalue weighted by Crippen LogP contribution is 2.40. The standard InChI is InChI=1S/C22H27N3O3/c1-14-10-15(2)24-21(26)17(14)11-23-22(27)25-12-18(16-6-4-3-5-7-16)19-13-28-9-8-20(19)25/h3-7,10,18-20H,8-9,11-13H2,1-2H3,(H,23,27)(H,24,26)/t18-,19+,20-/m1/s1. The molecule has 2 N–H and O–H groups in total. The van der Waals surface area contributed by atoms with Crippen molar-refractivity contribution in [3.05, 3.63) is 69.1 Å². The Kier molecular flexibility index (Phi) is 5.22. The number of hydrogen-bond acceptors (Lipinski definition) is 3. The van der Waals surface area contributed by atoms with Gasteiger partial charge < -0.3 is 19.9 Å². The van der Waals surface area contributed by atoms with Crippen molar-refractivity contribution in [1.29, 1.82) is 0 Å². The van der Waals surface area contributed by atoms with E-state index in [9.17, 15) is 9.59 Å². The minimum Gasteiger partial charge on any atom is -0.381 e. The Morgan fingerprint density at radius 3 is 2.82 bits per heavy atom. The molecule has 1 aromatic carbocycles. The fourth-order valence-electron chi connectivity index (χ4n) is 4.66. The first kappa shape index (κ1) is 18.7. The van der Waals surface area contributed by atoms with E-state index in [2.05, 4.69) is 22.4 Å². The molecule has 2 aromatic rings. The normalized spacial score (nSPS) is 24.1. The third kappa shape index (κ3) is 3.56. The Morgan fingerprint density at radius 1 is 1.29 bits per heavy atom. The summed E-state index contributed by atoms with van der Waals surface area (Å²) in [5, 5.41) is 2.97. The van der Waals surface area contributed by atoms with Crippen LogP contribution in [0.25, 0.3) is 0 Å². The van der Waals surface area contributed by atoms with Crippen LogP contribution in [0.2, 0.25) is 0 Å². The quantitative estimate of drug-likeness (QED) is 0.858. The third-order valence-corrected chi connectivity index (χ3v) is 6.07. The molecular formula is C22H27N3O3. The van der Waals surface area contributed by atoms with Gasteiger partial charge in [0.25, 0.3) is 5.56 Å². The van der Waals surface area contributed by atoms with Gasteiger partial charge in [-0.05, 0) is 37.5 Å². The number of rotatable bonds is 3. The zero-order chi connectivity index (χ0) is 19.7. The molecule has 0 saturated carbocycles. The molecule has 2 amide bonds. The van der Waals surface area contributed by atoms with Crippen LogP contribution < -0.4 is 10.9 Å². The summed E-state index contributed by atoms with van der Waals surface area (Å²) in [7, 11) is 0. The molecule has 0 unspecified atom stereocenters. The maximum Gasteiger partial charge on any atom is 0.317 e. The lowest BCUT2D eigenvalue weighted by Gasteiger charge is -2.32. The number of fused-ring (bicyclic) bond motifs is 1. The lowest BCUT2D eigenvalue weighted by atomic mass is 9.84. The molecule has 2 fully saturated rings. The van der Waals surface area contributed by atoms with Crippen molar-refractivity contribution >= 4 is 6.03 Å². The van der Waals surface area contributed by atoms with Gasteiger partial charge in [-0.1, -0.05) is 30.3 Å². The van der Waals surface area contributed by atoms with E-state index in [1.54, 1.807) is 0 Å². The molecular weight excluding hydrogens is 354 g/mol. The van der Waals surface area contributed by atoms with Crippen molar-refractivity contribution in [3.63, 3.8) is 0 Å². The number of aromatic nitrogens is 1. The second kappa shape index (κ2) is 7.80. The molecule has 2 aliphatic heterocycles. The Bertz CT molecular complexity index is 909. The number of aryl methyl sites for hydroxylation is 2. The van der Waals surface area contributed by atoms with E-state index in [4.69, 9.17) is 4.74 Å². The molecule has 0 spiro atoms. The average molecular weight is 381 g/mol. The topological polar surface area (TPSA) is 74.4 Å². The molecule has 3 heterocycles. The number of carbonyl (C=O) groups is 1. The van der Waals surface area contributed by atoms with Crippen molar-refractivity contribution in [2.75, 3.05) is 19.8 Å². The first-order valence-corrected chi connectivity index (χ1v) is 9.91. The summed E-state index contributed by atoms with van der Waals surface area (Å²) in [4.78, 5) is 30.0. The Hall–Kier alpha value is -2.60. The molecule has 0 aliphatic carbocycles. The number of nitrogens with one attached hydrogen (secondary N) is 2. The van der Waals surface area contributed by atoms with E-state index in [0.717, 1.165) is 17.7 Å². The molecule has 28 heavy (non-hydrogen) atoms. The van der Waals surface area contributed by atoms with Gasteiger partial charge in [-0.15, -0.1) is 0 Å². The number of H-pyrrole nitrogens is 1. The summed E-state index contributed by atoms with van der Waals surface area (Å²) in [6.45, 7) is 6.04. The zero-order valence-corrected chi connectivity index (χ0v) is 16.4. The molecule has 0 radical (unpaired) electrons. The third-order valence-electron chi connectivity index (χ3n) is 6.07. The molecule has 2 saturated heterocycles. The number of nitrogens with zero attached hydrogens (tertiary/aromatic N) is 1. The highest BCUT2D eigenvalue weighted by atomic mass is 16.5. The second-order valence-electron chi connectivity index (χ2n) is 7.87. The van der Waals surface area contributed by atoms with E-state index in [1.165, 1.54) is 5.56 Å². The van der Waals surface area contributed by atoms with Crippen molar-refractivity contribution < 1.29 is 9.53 Å². The molecule has 3 atom stereocenters. The Morgan fingerprint density at radius 2 is 2.07 bits per heavy atom. The fourth-order valence-corrected chi connectivity index (χ4v) is 4.66. The van der Waals surface area contributed by atoms with Crippen LogP contribution in [-0.4, -0.2) is 41.7 Å².